The third kappa shape index (κ3) is 3.70. The molecule has 0 saturated heterocycles. The van der Waals surface area contributed by atoms with Gasteiger partial charge in [0, 0.05) is 13.1 Å². The number of aromatic nitrogens is 3. The second-order valence-corrected chi connectivity index (χ2v) is 7.14. The lowest BCUT2D eigenvalue weighted by Gasteiger charge is -2.32. The number of anilines is 1. The lowest BCUT2D eigenvalue weighted by Crippen LogP contribution is -2.36. The molecule has 1 aliphatic carbocycles. The average molecular weight is 394 g/mol. The molecule has 0 radical (unpaired) electrons. The van der Waals surface area contributed by atoms with Crippen molar-refractivity contribution in [3.05, 3.63) is 53.7 Å². The maximum atomic E-state index is 11.3. The standard InChI is InChI=1S/C21H26N6O2/c1-3-26(4-2)21-25-24-19-12-9-14(13-27(19)21)29-18-11-10-17(23-20(22)28)15-7-5-6-8-16(15)18/h5-9,12-13,17-18H,3-4,10-11H2,1-2H3,(H3,22,23,28)/t17-,18+/m0/s1. The van der Waals surface area contributed by atoms with E-state index in [0.717, 1.165) is 54.4 Å². The molecule has 2 aromatic heterocycles. The van der Waals surface area contributed by atoms with E-state index in [4.69, 9.17) is 10.5 Å². The van der Waals surface area contributed by atoms with Crippen molar-refractivity contribution in [1.29, 1.82) is 0 Å². The minimum Gasteiger partial charge on any atom is -0.484 e. The highest BCUT2D eigenvalue weighted by Crippen LogP contribution is 2.38. The average Bonchev–Trinajstić information content (AvgIpc) is 3.14. The molecule has 0 saturated carbocycles. The number of urea groups is 1. The number of benzene rings is 1. The van der Waals surface area contributed by atoms with Gasteiger partial charge in [-0.25, -0.2) is 4.79 Å². The van der Waals surface area contributed by atoms with Crippen LogP contribution in [0.25, 0.3) is 5.65 Å². The number of pyridine rings is 1. The Labute approximate surface area is 169 Å². The van der Waals surface area contributed by atoms with Gasteiger partial charge in [-0.1, -0.05) is 24.3 Å². The molecule has 0 aliphatic heterocycles. The molecular weight excluding hydrogens is 368 g/mol. The number of carbonyl (C=O) groups is 1. The summed E-state index contributed by atoms with van der Waals surface area (Å²) in [5.74, 6) is 1.57. The van der Waals surface area contributed by atoms with Gasteiger partial charge in [0.05, 0.1) is 12.2 Å². The van der Waals surface area contributed by atoms with Crippen LogP contribution in [0.5, 0.6) is 5.75 Å². The number of amides is 2. The van der Waals surface area contributed by atoms with Gasteiger partial charge in [-0.3, -0.25) is 4.40 Å². The molecule has 0 bridgehead atoms. The van der Waals surface area contributed by atoms with Crippen molar-refractivity contribution in [2.75, 3.05) is 18.0 Å². The van der Waals surface area contributed by atoms with Gasteiger partial charge in [-0.05, 0) is 49.9 Å². The SMILES string of the molecule is CCN(CC)c1nnc2ccc(O[C@@H]3CC[C@H](NC(N)=O)c4ccccc43)cn12. The van der Waals surface area contributed by atoms with Crippen molar-refractivity contribution >= 4 is 17.6 Å². The molecule has 1 aromatic carbocycles. The molecule has 152 valence electrons. The van der Waals surface area contributed by atoms with E-state index in [1.54, 1.807) is 0 Å². The van der Waals surface area contributed by atoms with Crippen molar-refractivity contribution in [3.8, 4) is 5.75 Å². The topological polar surface area (TPSA) is 97.8 Å². The van der Waals surface area contributed by atoms with Crippen molar-refractivity contribution < 1.29 is 9.53 Å². The second-order valence-electron chi connectivity index (χ2n) is 7.14. The number of rotatable bonds is 6. The Bertz CT molecular complexity index is 1010. The van der Waals surface area contributed by atoms with Gasteiger partial charge >= 0.3 is 6.03 Å². The molecule has 0 unspecified atom stereocenters. The van der Waals surface area contributed by atoms with Crippen molar-refractivity contribution in [2.24, 2.45) is 5.73 Å². The monoisotopic (exact) mass is 394 g/mol. The summed E-state index contributed by atoms with van der Waals surface area (Å²) in [6.45, 7) is 5.90. The predicted octanol–water partition coefficient (Wildman–Crippen LogP) is 3.20. The van der Waals surface area contributed by atoms with E-state index in [9.17, 15) is 4.79 Å². The van der Waals surface area contributed by atoms with Crippen molar-refractivity contribution in [1.82, 2.24) is 19.9 Å². The molecule has 0 spiro atoms. The number of fused-ring (bicyclic) bond motifs is 2. The predicted molar refractivity (Wildman–Crippen MR) is 111 cm³/mol. The minimum absolute atomic E-state index is 0.0850. The van der Waals surface area contributed by atoms with Crippen molar-refractivity contribution in [3.63, 3.8) is 0 Å². The van der Waals surface area contributed by atoms with Gasteiger partial charge in [-0.15, -0.1) is 10.2 Å². The summed E-state index contributed by atoms with van der Waals surface area (Å²) in [5.41, 5.74) is 8.26. The van der Waals surface area contributed by atoms with Gasteiger partial charge in [0.25, 0.3) is 0 Å². The second kappa shape index (κ2) is 7.98. The first kappa shape index (κ1) is 19.0. The largest absolute Gasteiger partial charge is 0.484 e. The number of nitrogens with one attached hydrogen (secondary N) is 1. The zero-order valence-corrected chi connectivity index (χ0v) is 16.7. The summed E-state index contributed by atoms with van der Waals surface area (Å²) in [4.78, 5) is 13.5. The Morgan fingerprint density at radius 1 is 1.17 bits per heavy atom. The highest BCUT2D eigenvalue weighted by molar-refractivity contribution is 5.72. The molecule has 29 heavy (non-hydrogen) atoms. The van der Waals surface area contributed by atoms with Crippen LogP contribution < -0.4 is 20.7 Å². The van der Waals surface area contributed by atoms with Gasteiger partial charge in [-0.2, -0.15) is 0 Å². The Kier molecular flexibility index (Phi) is 5.24. The summed E-state index contributed by atoms with van der Waals surface area (Å²) in [6.07, 6.45) is 3.40. The zero-order valence-electron chi connectivity index (χ0n) is 16.7. The number of nitrogens with zero attached hydrogens (tertiary/aromatic N) is 4. The lowest BCUT2D eigenvalue weighted by atomic mass is 9.85. The van der Waals surface area contributed by atoms with E-state index in [-0.39, 0.29) is 12.1 Å². The Morgan fingerprint density at radius 3 is 2.66 bits per heavy atom. The quantitative estimate of drug-likeness (QED) is 0.669. The van der Waals surface area contributed by atoms with Crippen LogP contribution in [0.1, 0.15) is 50.0 Å². The van der Waals surface area contributed by atoms with Crippen LogP contribution in [-0.4, -0.2) is 33.7 Å². The molecule has 2 amide bonds. The summed E-state index contributed by atoms with van der Waals surface area (Å²) in [5, 5.41) is 11.4. The number of ether oxygens (including phenoxy) is 1. The van der Waals surface area contributed by atoms with E-state index >= 15 is 0 Å². The third-order valence-corrected chi connectivity index (χ3v) is 5.43. The Morgan fingerprint density at radius 2 is 1.93 bits per heavy atom. The molecule has 3 N–H and O–H groups in total. The third-order valence-electron chi connectivity index (χ3n) is 5.43. The maximum Gasteiger partial charge on any atom is 0.312 e. The number of hydrogen-bond acceptors (Lipinski definition) is 5. The first-order valence-electron chi connectivity index (χ1n) is 10.0. The first-order valence-corrected chi connectivity index (χ1v) is 10.0. The van der Waals surface area contributed by atoms with Crippen LogP contribution >= 0.6 is 0 Å². The normalized spacial score (nSPS) is 18.3. The van der Waals surface area contributed by atoms with E-state index in [0.29, 0.717) is 0 Å². The van der Waals surface area contributed by atoms with E-state index in [2.05, 4.69) is 34.3 Å². The first-order chi connectivity index (χ1) is 14.1. The molecule has 8 nitrogen and oxygen atoms in total. The molecule has 0 fully saturated rings. The fourth-order valence-electron chi connectivity index (χ4n) is 4.01. The highest BCUT2D eigenvalue weighted by Gasteiger charge is 2.29. The van der Waals surface area contributed by atoms with E-state index in [1.807, 2.05) is 47.0 Å². The van der Waals surface area contributed by atoms with Crippen LogP contribution in [0, 0.1) is 0 Å². The van der Waals surface area contributed by atoms with Crippen LogP contribution in [0.4, 0.5) is 10.7 Å². The molecule has 4 rings (SSSR count). The van der Waals surface area contributed by atoms with Crippen molar-refractivity contribution in [2.45, 2.75) is 38.8 Å². The number of nitrogens with two attached hydrogens (primary N) is 1. The minimum atomic E-state index is -0.508. The smallest absolute Gasteiger partial charge is 0.312 e. The Hall–Kier alpha value is -3.29. The number of carbonyl (C=O) groups excluding carboxylic acids is 1. The summed E-state index contributed by atoms with van der Waals surface area (Å²) < 4.78 is 8.34. The van der Waals surface area contributed by atoms with Crippen LogP contribution in [0.15, 0.2) is 42.6 Å². The number of primary amides is 1. The van der Waals surface area contributed by atoms with E-state index in [1.165, 1.54) is 0 Å². The fourth-order valence-corrected chi connectivity index (χ4v) is 4.01. The molecular formula is C21H26N6O2. The van der Waals surface area contributed by atoms with Crippen LogP contribution in [0.3, 0.4) is 0 Å². The lowest BCUT2D eigenvalue weighted by molar-refractivity contribution is 0.171. The van der Waals surface area contributed by atoms with Gasteiger partial charge in [0.1, 0.15) is 11.9 Å². The summed E-state index contributed by atoms with van der Waals surface area (Å²) >= 11 is 0. The molecule has 1 aliphatic rings. The van der Waals surface area contributed by atoms with Gasteiger partial charge in [0.2, 0.25) is 5.95 Å². The van der Waals surface area contributed by atoms with Gasteiger partial charge in [0.15, 0.2) is 5.65 Å². The molecule has 2 heterocycles. The summed E-state index contributed by atoms with van der Waals surface area (Å²) in [7, 11) is 0. The number of hydrogen-bond donors (Lipinski definition) is 2. The molecule has 8 heteroatoms. The Balaban J connectivity index is 1.63. The highest BCUT2D eigenvalue weighted by atomic mass is 16.5. The van der Waals surface area contributed by atoms with Crippen LogP contribution in [-0.2, 0) is 0 Å². The zero-order chi connectivity index (χ0) is 20.4. The van der Waals surface area contributed by atoms with Gasteiger partial charge < -0.3 is 20.7 Å². The van der Waals surface area contributed by atoms with Crippen LogP contribution in [0.2, 0.25) is 0 Å². The fraction of sp³-hybridized carbons (Fsp3) is 0.381. The molecule has 3 aromatic rings. The van der Waals surface area contributed by atoms with E-state index < -0.39 is 6.03 Å². The maximum absolute atomic E-state index is 11.3. The molecule has 2 atom stereocenters. The summed E-state index contributed by atoms with van der Waals surface area (Å²) in [6, 6.07) is 11.3.